The molecule has 9 nitrogen and oxygen atoms in total. The third-order valence-corrected chi connectivity index (χ3v) is 9.62. The van der Waals surface area contributed by atoms with Gasteiger partial charge in [0, 0.05) is 45.2 Å². The summed E-state index contributed by atoms with van der Waals surface area (Å²) >= 11 is 6.34. The van der Waals surface area contributed by atoms with E-state index in [2.05, 4.69) is 22.5 Å². The van der Waals surface area contributed by atoms with Crippen molar-refractivity contribution in [1.82, 2.24) is 20.4 Å². The van der Waals surface area contributed by atoms with Gasteiger partial charge in [-0.25, -0.2) is 0 Å². The Hall–Kier alpha value is -3.14. The summed E-state index contributed by atoms with van der Waals surface area (Å²) in [5.41, 5.74) is -0.116. The molecule has 0 bridgehead atoms. The molecule has 2 aliphatic heterocycles. The fourth-order valence-electron chi connectivity index (χ4n) is 6.77. The Bertz CT molecular complexity index is 1320. The summed E-state index contributed by atoms with van der Waals surface area (Å²) in [7, 11) is 1.57. The van der Waals surface area contributed by atoms with Gasteiger partial charge < -0.3 is 25.4 Å². The third-order valence-electron chi connectivity index (χ3n) is 9.32. The van der Waals surface area contributed by atoms with Crippen LogP contribution in [0, 0.1) is 0 Å². The van der Waals surface area contributed by atoms with Crippen molar-refractivity contribution in [3.63, 3.8) is 0 Å². The number of likely N-dealkylation sites (tertiary alicyclic amines) is 1. The van der Waals surface area contributed by atoms with Gasteiger partial charge >= 0.3 is 0 Å². The van der Waals surface area contributed by atoms with Gasteiger partial charge in [0.2, 0.25) is 11.8 Å². The minimum atomic E-state index is -0.859. The summed E-state index contributed by atoms with van der Waals surface area (Å²) in [6.07, 6.45) is 6.55. The summed E-state index contributed by atoms with van der Waals surface area (Å²) in [4.78, 5) is 43.4. The fraction of sp³-hybridized carbons (Fsp3) is 0.545. The lowest BCUT2D eigenvalue weighted by atomic mass is 9.80. The van der Waals surface area contributed by atoms with E-state index in [0.717, 1.165) is 37.8 Å². The predicted molar refractivity (Wildman–Crippen MR) is 165 cm³/mol. The zero-order valence-electron chi connectivity index (χ0n) is 25.2. The number of nitrogens with zero attached hydrogens (tertiary/aromatic N) is 2. The van der Waals surface area contributed by atoms with E-state index in [4.69, 9.17) is 16.3 Å². The second-order valence-electron chi connectivity index (χ2n) is 12.3. The molecule has 2 aromatic rings. The molecular weight excluding hydrogens is 568 g/mol. The molecule has 2 aromatic carbocycles. The number of amides is 3. The maximum Gasteiger partial charge on any atom is 0.251 e. The van der Waals surface area contributed by atoms with Gasteiger partial charge in [-0.1, -0.05) is 49.9 Å². The number of benzene rings is 2. The molecule has 5 rings (SSSR count). The van der Waals surface area contributed by atoms with Crippen LogP contribution >= 0.6 is 11.6 Å². The summed E-state index contributed by atoms with van der Waals surface area (Å²) in [5, 5.41) is 16.9. The van der Waals surface area contributed by atoms with Crippen molar-refractivity contribution in [1.29, 1.82) is 0 Å². The third kappa shape index (κ3) is 6.84. The number of carbonyl (C=O) groups excluding carboxylic acids is 3. The molecule has 43 heavy (non-hydrogen) atoms. The normalized spacial score (nSPS) is 21.6. The summed E-state index contributed by atoms with van der Waals surface area (Å²) in [5.74, 6) is 0.778. The maximum atomic E-state index is 13.7. The number of nitrogens with one attached hydrogen (secondary N) is 2. The van der Waals surface area contributed by atoms with E-state index >= 15 is 0 Å². The monoisotopic (exact) mass is 610 g/mol. The van der Waals surface area contributed by atoms with Crippen molar-refractivity contribution in [2.75, 3.05) is 26.7 Å². The number of carbonyl (C=O) groups is 3. The van der Waals surface area contributed by atoms with E-state index in [1.165, 1.54) is 0 Å². The highest BCUT2D eigenvalue weighted by molar-refractivity contribution is 6.32. The SMILES string of the molecule is CCCCN1C(=O)[C@@H](CC2(O)CCCC2)NC(=O)C12CCN(Cc1ccc(Oc3ccc(C(=O)NC)cc3Cl)cc1)CC2. The Morgan fingerprint density at radius 1 is 1.09 bits per heavy atom. The maximum absolute atomic E-state index is 13.7. The van der Waals surface area contributed by atoms with Crippen LogP contribution < -0.4 is 15.4 Å². The summed E-state index contributed by atoms with van der Waals surface area (Å²) in [6.45, 7) is 4.78. The van der Waals surface area contributed by atoms with Crippen molar-refractivity contribution in [2.45, 2.75) is 88.4 Å². The molecule has 1 saturated carbocycles. The highest BCUT2D eigenvalue weighted by Crippen LogP contribution is 2.38. The Kier molecular flexibility index (Phi) is 9.63. The summed E-state index contributed by atoms with van der Waals surface area (Å²) in [6, 6.07) is 12.1. The average Bonchev–Trinajstić information content (AvgIpc) is 3.44. The zero-order valence-corrected chi connectivity index (χ0v) is 25.9. The Balaban J connectivity index is 1.20. The van der Waals surface area contributed by atoms with Gasteiger partial charge in [0.1, 0.15) is 23.1 Å². The first-order chi connectivity index (χ1) is 20.7. The van der Waals surface area contributed by atoms with Crippen LogP contribution in [0.5, 0.6) is 11.5 Å². The molecule has 2 saturated heterocycles. The standard InChI is InChI=1S/C33H43ClN4O5/c1-3-4-17-38-30(40)27(21-32(42)13-5-6-14-32)36-31(41)33(38)15-18-37(19-16-33)22-23-7-10-25(11-8-23)43-28-12-9-24(20-26(28)34)29(39)35-2/h7-12,20,27,42H,3-6,13-19,21-22H2,1-2H3,(H,35,39)(H,36,41)/t27-/m1/s1. The topological polar surface area (TPSA) is 111 Å². The number of halogens is 1. The Morgan fingerprint density at radius 2 is 1.79 bits per heavy atom. The first kappa shape index (κ1) is 31.3. The Morgan fingerprint density at radius 3 is 2.42 bits per heavy atom. The number of rotatable bonds is 10. The highest BCUT2D eigenvalue weighted by atomic mass is 35.5. The van der Waals surface area contributed by atoms with E-state index in [-0.39, 0.29) is 17.7 Å². The van der Waals surface area contributed by atoms with Gasteiger partial charge in [-0.15, -0.1) is 0 Å². The molecule has 3 fully saturated rings. The number of aliphatic hydroxyl groups is 1. The van der Waals surface area contributed by atoms with Crippen LogP contribution in [0.1, 0.15) is 80.6 Å². The van der Waals surface area contributed by atoms with Gasteiger partial charge in [0.05, 0.1) is 10.6 Å². The van der Waals surface area contributed by atoms with Gasteiger partial charge in [-0.2, -0.15) is 0 Å². The first-order valence-electron chi connectivity index (χ1n) is 15.5. The smallest absolute Gasteiger partial charge is 0.251 e. The van der Waals surface area contributed by atoms with Gasteiger partial charge in [-0.3, -0.25) is 19.3 Å². The minimum Gasteiger partial charge on any atom is -0.456 e. The van der Waals surface area contributed by atoms with Gasteiger partial charge in [-0.05, 0) is 68.0 Å². The van der Waals surface area contributed by atoms with Crippen LogP contribution in [0.4, 0.5) is 0 Å². The van der Waals surface area contributed by atoms with Crippen molar-refractivity contribution in [3.8, 4) is 11.5 Å². The lowest BCUT2D eigenvalue weighted by molar-refractivity contribution is -0.163. The van der Waals surface area contributed by atoms with E-state index in [9.17, 15) is 19.5 Å². The van der Waals surface area contributed by atoms with Crippen LogP contribution in [0.3, 0.4) is 0 Å². The quantitative estimate of drug-likeness (QED) is 0.361. The molecule has 1 aliphatic carbocycles. The predicted octanol–water partition coefficient (Wildman–Crippen LogP) is 4.65. The molecule has 1 spiro atoms. The second-order valence-corrected chi connectivity index (χ2v) is 12.7. The molecule has 0 aromatic heterocycles. The van der Waals surface area contributed by atoms with Crippen molar-refractivity contribution >= 4 is 29.3 Å². The van der Waals surface area contributed by atoms with E-state index < -0.39 is 17.2 Å². The van der Waals surface area contributed by atoms with Crippen LogP contribution in [-0.2, 0) is 16.1 Å². The molecular formula is C33H43ClN4O5. The number of unbranched alkanes of at least 4 members (excludes halogenated alkanes) is 1. The fourth-order valence-corrected chi connectivity index (χ4v) is 6.99. The van der Waals surface area contributed by atoms with Crippen molar-refractivity contribution < 1.29 is 24.2 Å². The number of hydrogen-bond acceptors (Lipinski definition) is 6. The van der Waals surface area contributed by atoms with Gasteiger partial charge in [0.15, 0.2) is 0 Å². The minimum absolute atomic E-state index is 0.0409. The number of piperazine rings is 1. The van der Waals surface area contributed by atoms with E-state index in [0.29, 0.717) is 73.8 Å². The molecule has 1 atom stereocenters. The largest absolute Gasteiger partial charge is 0.456 e. The first-order valence-corrected chi connectivity index (χ1v) is 15.9. The molecule has 3 aliphatic rings. The second kappa shape index (κ2) is 13.2. The van der Waals surface area contributed by atoms with Crippen LogP contribution in [0.25, 0.3) is 0 Å². The summed E-state index contributed by atoms with van der Waals surface area (Å²) < 4.78 is 5.95. The Labute approximate surface area is 258 Å². The molecule has 10 heteroatoms. The number of ether oxygens (including phenoxy) is 1. The van der Waals surface area contributed by atoms with Crippen molar-refractivity contribution in [3.05, 3.63) is 58.6 Å². The van der Waals surface area contributed by atoms with Crippen LogP contribution in [0.2, 0.25) is 5.02 Å². The molecule has 3 amide bonds. The van der Waals surface area contributed by atoms with Gasteiger partial charge in [0.25, 0.3) is 5.91 Å². The molecule has 232 valence electrons. The lowest BCUT2D eigenvalue weighted by Gasteiger charge is -2.52. The average molecular weight is 611 g/mol. The number of hydrogen-bond donors (Lipinski definition) is 3. The van der Waals surface area contributed by atoms with E-state index in [1.54, 1.807) is 25.2 Å². The molecule has 2 heterocycles. The molecule has 0 unspecified atom stereocenters. The molecule has 0 radical (unpaired) electrons. The molecule has 3 N–H and O–H groups in total. The lowest BCUT2D eigenvalue weighted by Crippen LogP contribution is -2.73. The van der Waals surface area contributed by atoms with Crippen LogP contribution in [-0.4, -0.2) is 76.5 Å². The van der Waals surface area contributed by atoms with Crippen LogP contribution in [0.15, 0.2) is 42.5 Å². The zero-order chi connectivity index (χ0) is 30.6. The highest BCUT2D eigenvalue weighted by Gasteiger charge is 2.54. The number of piperidine rings is 1. The van der Waals surface area contributed by atoms with Crippen molar-refractivity contribution in [2.24, 2.45) is 0 Å². The van der Waals surface area contributed by atoms with E-state index in [1.807, 2.05) is 29.2 Å².